The maximum absolute atomic E-state index is 6.74. The summed E-state index contributed by atoms with van der Waals surface area (Å²) in [5, 5.41) is 3.47. The molecule has 3 N–H and O–H groups in total. The number of hydrogen-bond donors (Lipinski definition) is 2. The Morgan fingerprint density at radius 2 is 1.74 bits per heavy atom. The average Bonchev–Trinajstić information content (AvgIpc) is 2.83. The molecule has 0 amide bonds. The molecule has 2 heterocycles. The molecule has 96 valence electrons. The Morgan fingerprint density at radius 1 is 1.05 bits per heavy atom. The van der Waals surface area contributed by atoms with Gasteiger partial charge in [-0.1, -0.05) is 43.3 Å². The zero-order valence-corrected chi connectivity index (χ0v) is 10.8. The highest BCUT2D eigenvalue weighted by Gasteiger charge is 2.63. The second kappa shape index (κ2) is 3.31. The van der Waals surface area contributed by atoms with E-state index in [4.69, 9.17) is 10.5 Å². The third kappa shape index (κ3) is 1.08. The van der Waals surface area contributed by atoms with Gasteiger partial charge < -0.3 is 15.8 Å². The molecule has 0 saturated heterocycles. The number of nitrogens with two attached hydrogens (primary N) is 1. The van der Waals surface area contributed by atoms with Gasteiger partial charge in [0.05, 0.1) is 0 Å². The molecular formula is C16H16N2O. The first-order valence-corrected chi connectivity index (χ1v) is 6.66. The van der Waals surface area contributed by atoms with Crippen LogP contribution in [0.25, 0.3) is 0 Å². The highest BCUT2D eigenvalue weighted by Crippen LogP contribution is 2.58. The monoisotopic (exact) mass is 252 g/mol. The molecule has 19 heavy (non-hydrogen) atoms. The fourth-order valence-electron chi connectivity index (χ4n) is 3.50. The first-order valence-electron chi connectivity index (χ1n) is 6.66. The molecule has 0 aliphatic carbocycles. The molecule has 0 bridgehead atoms. The van der Waals surface area contributed by atoms with Gasteiger partial charge in [0.25, 0.3) is 0 Å². The number of nitrogens with one attached hydrogen (secondary N) is 1. The van der Waals surface area contributed by atoms with Gasteiger partial charge in [-0.2, -0.15) is 0 Å². The van der Waals surface area contributed by atoms with Crippen molar-refractivity contribution in [3.8, 4) is 5.75 Å². The molecule has 3 nitrogen and oxygen atoms in total. The third-order valence-electron chi connectivity index (χ3n) is 4.42. The Kier molecular flexibility index (Phi) is 1.89. The van der Waals surface area contributed by atoms with Crippen LogP contribution < -0.4 is 15.8 Å². The molecule has 0 saturated carbocycles. The summed E-state index contributed by atoms with van der Waals surface area (Å²) in [5.74, 6) is 0.883. The van der Waals surface area contributed by atoms with Gasteiger partial charge in [0, 0.05) is 16.8 Å². The van der Waals surface area contributed by atoms with Gasteiger partial charge in [0.2, 0.25) is 0 Å². The van der Waals surface area contributed by atoms with Crippen LogP contribution >= 0.6 is 0 Å². The lowest BCUT2D eigenvalue weighted by Gasteiger charge is -2.35. The molecule has 0 radical (unpaired) electrons. The largest absolute Gasteiger partial charge is 0.478 e. The van der Waals surface area contributed by atoms with Gasteiger partial charge in [-0.3, -0.25) is 0 Å². The van der Waals surface area contributed by atoms with Crippen LogP contribution in [0.1, 0.15) is 24.5 Å². The van der Waals surface area contributed by atoms with E-state index < -0.39 is 11.3 Å². The molecule has 2 atom stereocenters. The van der Waals surface area contributed by atoms with Gasteiger partial charge in [-0.25, -0.2) is 0 Å². The second-order valence-corrected chi connectivity index (χ2v) is 5.26. The van der Waals surface area contributed by atoms with Crippen LogP contribution in [-0.4, -0.2) is 0 Å². The van der Waals surface area contributed by atoms with Crippen molar-refractivity contribution in [3.05, 3.63) is 59.7 Å². The minimum atomic E-state index is -0.679. The van der Waals surface area contributed by atoms with E-state index >= 15 is 0 Å². The predicted molar refractivity (Wildman–Crippen MR) is 75.0 cm³/mol. The quantitative estimate of drug-likeness (QED) is 0.820. The summed E-state index contributed by atoms with van der Waals surface area (Å²) in [7, 11) is 0. The summed E-state index contributed by atoms with van der Waals surface area (Å²) >= 11 is 0. The maximum atomic E-state index is 6.74. The highest BCUT2D eigenvalue weighted by atomic mass is 16.5. The van der Waals surface area contributed by atoms with Gasteiger partial charge in [0.1, 0.15) is 5.75 Å². The van der Waals surface area contributed by atoms with E-state index in [9.17, 15) is 0 Å². The van der Waals surface area contributed by atoms with E-state index in [-0.39, 0.29) is 0 Å². The highest BCUT2D eigenvalue weighted by molar-refractivity contribution is 5.68. The fraction of sp³-hybridized carbons (Fsp3) is 0.250. The predicted octanol–water partition coefficient (Wildman–Crippen LogP) is 2.92. The Labute approximate surface area is 112 Å². The molecule has 4 rings (SSSR count). The molecule has 0 aromatic heterocycles. The zero-order chi connectivity index (χ0) is 13.1. The van der Waals surface area contributed by atoms with Crippen molar-refractivity contribution in [2.45, 2.75) is 24.6 Å². The van der Waals surface area contributed by atoms with Gasteiger partial charge >= 0.3 is 0 Å². The van der Waals surface area contributed by atoms with Gasteiger partial charge in [-0.15, -0.1) is 0 Å². The average molecular weight is 252 g/mol. The van der Waals surface area contributed by atoms with Crippen LogP contribution in [0, 0.1) is 0 Å². The number of anilines is 1. The number of para-hydroxylation sites is 2. The maximum Gasteiger partial charge on any atom is 0.176 e. The molecule has 0 spiro atoms. The summed E-state index contributed by atoms with van der Waals surface area (Å²) in [5.41, 5.74) is 8.81. The summed E-state index contributed by atoms with van der Waals surface area (Å²) in [6.45, 7) is 2.12. The topological polar surface area (TPSA) is 47.3 Å². The van der Waals surface area contributed by atoms with Gasteiger partial charge in [-0.05, 0) is 18.6 Å². The van der Waals surface area contributed by atoms with Gasteiger partial charge in [0.15, 0.2) is 11.3 Å². The fourth-order valence-corrected chi connectivity index (χ4v) is 3.50. The number of fused-ring (bicyclic) bond motifs is 5. The van der Waals surface area contributed by atoms with Crippen molar-refractivity contribution < 1.29 is 4.74 Å². The summed E-state index contributed by atoms with van der Waals surface area (Å²) in [4.78, 5) is 0. The molecule has 2 aromatic rings. The lowest BCUT2D eigenvalue weighted by Crippen LogP contribution is -2.55. The minimum absolute atomic E-state index is 0.507. The number of rotatable bonds is 1. The van der Waals surface area contributed by atoms with Crippen molar-refractivity contribution in [1.82, 2.24) is 0 Å². The van der Waals surface area contributed by atoms with Crippen LogP contribution in [-0.2, 0) is 11.3 Å². The first kappa shape index (κ1) is 10.9. The Balaban J connectivity index is 2.01. The summed E-state index contributed by atoms with van der Waals surface area (Å²) in [6.07, 6.45) is 0.822. The molecule has 0 fully saturated rings. The molecular weight excluding hydrogens is 236 g/mol. The van der Waals surface area contributed by atoms with Crippen LogP contribution in [0.5, 0.6) is 5.75 Å². The van der Waals surface area contributed by atoms with E-state index in [1.807, 2.05) is 36.4 Å². The Hall–Kier alpha value is -2.00. The number of hydrogen-bond acceptors (Lipinski definition) is 3. The van der Waals surface area contributed by atoms with Crippen LogP contribution in [0.4, 0.5) is 5.69 Å². The molecule has 2 aliphatic rings. The zero-order valence-electron chi connectivity index (χ0n) is 10.8. The van der Waals surface area contributed by atoms with Crippen molar-refractivity contribution in [2.24, 2.45) is 5.73 Å². The third-order valence-corrected chi connectivity index (χ3v) is 4.42. The van der Waals surface area contributed by atoms with E-state index in [1.54, 1.807) is 0 Å². The van der Waals surface area contributed by atoms with E-state index in [1.165, 1.54) is 0 Å². The Morgan fingerprint density at radius 3 is 2.53 bits per heavy atom. The van der Waals surface area contributed by atoms with Crippen molar-refractivity contribution in [2.75, 3.05) is 5.32 Å². The molecule has 3 heteroatoms. The Bertz CT molecular complexity index is 669. The van der Waals surface area contributed by atoms with E-state index in [0.717, 1.165) is 29.0 Å². The van der Waals surface area contributed by atoms with Crippen LogP contribution in [0.3, 0.4) is 0 Å². The van der Waals surface area contributed by atoms with E-state index in [0.29, 0.717) is 0 Å². The second-order valence-electron chi connectivity index (χ2n) is 5.26. The van der Waals surface area contributed by atoms with Crippen LogP contribution in [0.15, 0.2) is 48.5 Å². The summed E-state index contributed by atoms with van der Waals surface area (Å²) < 4.78 is 6.31. The lowest BCUT2D eigenvalue weighted by molar-refractivity contribution is 0.0331. The lowest BCUT2D eigenvalue weighted by atomic mass is 9.81. The number of benzene rings is 2. The van der Waals surface area contributed by atoms with Crippen molar-refractivity contribution in [1.29, 1.82) is 0 Å². The molecule has 2 aliphatic heterocycles. The van der Waals surface area contributed by atoms with E-state index in [2.05, 4.69) is 24.4 Å². The minimum Gasteiger partial charge on any atom is -0.478 e. The molecule has 0 unspecified atom stereocenters. The smallest absolute Gasteiger partial charge is 0.176 e. The van der Waals surface area contributed by atoms with Crippen molar-refractivity contribution >= 4 is 5.69 Å². The number of ether oxygens (including phenoxy) is 1. The molecule has 2 aromatic carbocycles. The standard InChI is InChI=1S/C16H16N2O/c1-2-15-11-7-3-5-9-13(11)18-16(15,17)12-8-4-6-10-14(12)19-15/h3-10,18H,2,17H2,1H3/t15-,16-/m0/s1. The van der Waals surface area contributed by atoms with Crippen molar-refractivity contribution in [3.63, 3.8) is 0 Å². The SMILES string of the molecule is CC[C@@]12Oc3ccccc3[C@]1(N)Nc1ccccc12. The van der Waals surface area contributed by atoms with Crippen LogP contribution in [0.2, 0.25) is 0 Å². The first-order chi connectivity index (χ1) is 9.21. The normalized spacial score (nSPS) is 30.0. The summed E-state index contributed by atoms with van der Waals surface area (Å²) in [6, 6.07) is 16.3.